The molecule has 1 aromatic carbocycles. The number of benzene rings is 1. The molecule has 0 aliphatic heterocycles. The first kappa shape index (κ1) is 16.6. The van der Waals surface area contributed by atoms with E-state index >= 15 is 0 Å². The number of anilines is 2. The monoisotopic (exact) mass is 385 g/mol. The van der Waals surface area contributed by atoms with Gasteiger partial charge in [-0.15, -0.1) is 11.3 Å². The van der Waals surface area contributed by atoms with Crippen molar-refractivity contribution >= 4 is 49.9 Å². The summed E-state index contributed by atoms with van der Waals surface area (Å²) in [5.41, 5.74) is 1.39. The molecular weight excluding hydrogens is 373 g/mol. The molecule has 4 aromatic rings. The lowest BCUT2D eigenvalue weighted by Gasteiger charge is -2.00. The highest BCUT2D eigenvalue weighted by Gasteiger charge is 2.14. The molecule has 9 heteroatoms. The van der Waals surface area contributed by atoms with Crippen LogP contribution in [0.3, 0.4) is 0 Å². The molecule has 0 aliphatic carbocycles. The van der Waals surface area contributed by atoms with Gasteiger partial charge in [0.1, 0.15) is 5.82 Å². The first-order chi connectivity index (χ1) is 12.6. The highest BCUT2D eigenvalue weighted by Crippen LogP contribution is 2.30. The van der Waals surface area contributed by atoms with Crippen LogP contribution in [0.25, 0.3) is 20.8 Å². The zero-order chi connectivity index (χ0) is 18.1. The van der Waals surface area contributed by atoms with E-state index in [1.807, 2.05) is 6.07 Å². The molecule has 0 spiro atoms. The highest BCUT2D eigenvalue weighted by molar-refractivity contribution is 7.22. The summed E-state index contributed by atoms with van der Waals surface area (Å²) in [5, 5.41) is 6.09. The van der Waals surface area contributed by atoms with Gasteiger partial charge in [-0.05, 0) is 36.4 Å². The Morgan fingerprint density at radius 2 is 2.00 bits per heavy atom. The van der Waals surface area contributed by atoms with Crippen LogP contribution in [0.2, 0.25) is 0 Å². The first-order valence-corrected chi connectivity index (χ1v) is 9.24. The van der Waals surface area contributed by atoms with Crippen molar-refractivity contribution in [2.75, 3.05) is 17.7 Å². The third-order valence-electron chi connectivity index (χ3n) is 3.53. The van der Waals surface area contributed by atoms with E-state index in [0.29, 0.717) is 26.2 Å². The Labute approximate surface area is 155 Å². The number of fused-ring (bicyclic) bond motifs is 1. The van der Waals surface area contributed by atoms with E-state index in [9.17, 15) is 9.18 Å². The summed E-state index contributed by atoms with van der Waals surface area (Å²) in [7, 11) is 1.75. The number of nitrogens with one attached hydrogen (secondary N) is 2. The number of amides is 1. The number of thiazole rings is 1. The predicted molar refractivity (Wildman–Crippen MR) is 102 cm³/mol. The van der Waals surface area contributed by atoms with Gasteiger partial charge in [0.25, 0.3) is 5.91 Å². The van der Waals surface area contributed by atoms with Crippen molar-refractivity contribution in [3.05, 3.63) is 53.3 Å². The molecule has 0 saturated carbocycles. The Kier molecular flexibility index (Phi) is 4.31. The minimum absolute atomic E-state index is 0.260. The zero-order valence-corrected chi connectivity index (χ0v) is 15.1. The van der Waals surface area contributed by atoms with Gasteiger partial charge < -0.3 is 5.32 Å². The summed E-state index contributed by atoms with van der Waals surface area (Å²) >= 11 is 2.56. The maximum absolute atomic E-state index is 13.3. The lowest BCUT2D eigenvalue weighted by molar-refractivity contribution is 0.103. The summed E-state index contributed by atoms with van der Waals surface area (Å²) in [6.07, 6.45) is 1.66. The van der Waals surface area contributed by atoms with Crippen LogP contribution >= 0.6 is 22.7 Å². The van der Waals surface area contributed by atoms with Crippen LogP contribution in [0.5, 0.6) is 0 Å². The Bertz CT molecular complexity index is 1110. The van der Waals surface area contributed by atoms with Crippen LogP contribution in [-0.4, -0.2) is 27.9 Å². The van der Waals surface area contributed by atoms with Gasteiger partial charge >= 0.3 is 0 Å². The van der Waals surface area contributed by atoms with Crippen LogP contribution in [0, 0.1) is 5.82 Å². The normalized spacial score (nSPS) is 10.8. The fraction of sp³-hybridized carbons (Fsp3) is 0.0588. The van der Waals surface area contributed by atoms with E-state index in [1.54, 1.807) is 31.4 Å². The molecule has 3 heterocycles. The average molecular weight is 385 g/mol. The number of hydrogen-bond acceptors (Lipinski definition) is 7. The Morgan fingerprint density at radius 3 is 2.85 bits per heavy atom. The van der Waals surface area contributed by atoms with Crippen LogP contribution in [-0.2, 0) is 0 Å². The van der Waals surface area contributed by atoms with Crippen molar-refractivity contribution in [1.29, 1.82) is 0 Å². The molecule has 0 bridgehead atoms. The van der Waals surface area contributed by atoms with Crippen molar-refractivity contribution in [1.82, 2.24) is 15.0 Å². The van der Waals surface area contributed by atoms with E-state index in [4.69, 9.17) is 0 Å². The number of rotatable bonds is 4. The molecule has 0 fully saturated rings. The van der Waals surface area contributed by atoms with E-state index < -0.39 is 0 Å². The predicted octanol–water partition coefficient (Wildman–Crippen LogP) is 4.25. The molecule has 2 N–H and O–H groups in total. The van der Waals surface area contributed by atoms with E-state index in [1.165, 1.54) is 34.8 Å². The second kappa shape index (κ2) is 6.77. The summed E-state index contributed by atoms with van der Waals surface area (Å²) in [4.78, 5) is 26.6. The van der Waals surface area contributed by atoms with Gasteiger partial charge in [-0.1, -0.05) is 11.3 Å². The van der Waals surface area contributed by atoms with E-state index in [2.05, 4.69) is 25.6 Å². The van der Waals surface area contributed by atoms with Crippen LogP contribution < -0.4 is 10.6 Å². The van der Waals surface area contributed by atoms with Gasteiger partial charge in [0.2, 0.25) is 5.95 Å². The number of carbonyl (C=O) groups is 1. The molecule has 0 atom stereocenters. The maximum atomic E-state index is 13.3. The Balaban J connectivity index is 1.55. The minimum atomic E-state index is -0.326. The van der Waals surface area contributed by atoms with Gasteiger partial charge in [-0.25, -0.2) is 19.3 Å². The standard InChI is InChI=1S/C17H12FN5OS2/c1-19-16-20-7-6-11(21-16)12-4-5-13(25-12)15(24)23-17-22-10-3-2-9(18)8-14(10)26-17/h2-8H,1H3,(H,19,20,21)(H,22,23,24). The van der Waals surface area contributed by atoms with Crippen molar-refractivity contribution in [2.45, 2.75) is 0 Å². The molecule has 0 aliphatic rings. The maximum Gasteiger partial charge on any atom is 0.267 e. The fourth-order valence-corrected chi connectivity index (χ4v) is 4.08. The van der Waals surface area contributed by atoms with Crippen molar-refractivity contribution in [3.63, 3.8) is 0 Å². The molecule has 4 rings (SSSR count). The molecule has 0 radical (unpaired) electrons. The van der Waals surface area contributed by atoms with Crippen LogP contribution in [0.1, 0.15) is 9.67 Å². The minimum Gasteiger partial charge on any atom is -0.357 e. The number of hydrogen-bond donors (Lipinski definition) is 2. The molecule has 130 valence electrons. The third kappa shape index (κ3) is 3.26. The summed E-state index contributed by atoms with van der Waals surface area (Å²) in [5.74, 6) is -0.0694. The lowest BCUT2D eigenvalue weighted by atomic mass is 10.3. The molecular formula is C17H12FN5OS2. The summed E-state index contributed by atoms with van der Waals surface area (Å²) < 4.78 is 14.0. The number of thiophene rings is 1. The van der Waals surface area contributed by atoms with Gasteiger partial charge in [0.05, 0.1) is 25.7 Å². The highest BCUT2D eigenvalue weighted by atomic mass is 32.1. The van der Waals surface area contributed by atoms with Gasteiger partial charge in [-0.2, -0.15) is 0 Å². The second-order valence-corrected chi connectivity index (χ2v) is 7.38. The first-order valence-electron chi connectivity index (χ1n) is 7.61. The van der Waals surface area contributed by atoms with Gasteiger partial charge in [-0.3, -0.25) is 10.1 Å². The summed E-state index contributed by atoms with van der Waals surface area (Å²) in [6.45, 7) is 0. The Hall–Kier alpha value is -2.91. The van der Waals surface area contributed by atoms with Crippen molar-refractivity contribution in [2.24, 2.45) is 0 Å². The van der Waals surface area contributed by atoms with E-state index in [-0.39, 0.29) is 11.7 Å². The quantitative estimate of drug-likeness (QED) is 0.549. The average Bonchev–Trinajstić information content (AvgIpc) is 3.28. The topological polar surface area (TPSA) is 79.8 Å². The SMILES string of the molecule is CNc1nccc(-c2ccc(C(=O)Nc3nc4ccc(F)cc4s3)s2)n1. The Morgan fingerprint density at radius 1 is 1.12 bits per heavy atom. The zero-order valence-electron chi connectivity index (χ0n) is 13.5. The molecule has 6 nitrogen and oxygen atoms in total. The molecule has 26 heavy (non-hydrogen) atoms. The molecule has 0 saturated heterocycles. The number of halogens is 1. The van der Waals surface area contributed by atoms with Crippen LogP contribution in [0.4, 0.5) is 15.5 Å². The molecule has 0 unspecified atom stereocenters. The molecule has 1 amide bonds. The number of nitrogens with zero attached hydrogens (tertiary/aromatic N) is 3. The lowest BCUT2D eigenvalue weighted by Crippen LogP contribution is -2.09. The van der Waals surface area contributed by atoms with Gasteiger partial charge in [0, 0.05) is 13.2 Å². The van der Waals surface area contributed by atoms with E-state index in [0.717, 1.165) is 10.6 Å². The summed E-state index contributed by atoms with van der Waals surface area (Å²) in [6, 6.07) is 9.71. The molecule has 3 aromatic heterocycles. The number of carbonyl (C=O) groups excluding carboxylic acids is 1. The second-order valence-electron chi connectivity index (χ2n) is 5.26. The largest absolute Gasteiger partial charge is 0.357 e. The number of aromatic nitrogens is 3. The smallest absolute Gasteiger partial charge is 0.267 e. The van der Waals surface area contributed by atoms with Gasteiger partial charge in [0.15, 0.2) is 5.13 Å². The van der Waals surface area contributed by atoms with Crippen LogP contribution in [0.15, 0.2) is 42.6 Å². The fourth-order valence-electron chi connectivity index (χ4n) is 2.32. The third-order valence-corrected chi connectivity index (χ3v) is 5.57. The van der Waals surface area contributed by atoms with Crippen molar-refractivity contribution < 1.29 is 9.18 Å². The van der Waals surface area contributed by atoms with Crippen molar-refractivity contribution in [3.8, 4) is 10.6 Å².